The molecule has 2 rings (SSSR count). The topological polar surface area (TPSA) is 32.7 Å². The van der Waals surface area contributed by atoms with Crippen LogP contribution in [-0.2, 0) is 4.74 Å². The highest BCUT2D eigenvalue weighted by Gasteiger charge is 2.28. The molecule has 5 heteroatoms. The maximum Gasteiger partial charge on any atom is 0.124 e. The predicted molar refractivity (Wildman–Crippen MR) is 75.5 cm³/mol. The van der Waals surface area contributed by atoms with Gasteiger partial charge >= 0.3 is 0 Å². The van der Waals surface area contributed by atoms with Crippen molar-refractivity contribution in [1.82, 2.24) is 4.90 Å². The second-order valence-corrected chi connectivity index (χ2v) is 5.88. The molecule has 1 aromatic rings. The number of nitrogens with zero attached hydrogens (tertiary/aromatic N) is 1. The van der Waals surface area contributed by atoms with Gasteiger partial charge in [-0.05, 0) is 43.1 Å². The Hall–Kier alpha value is -0.490. The first-order chi connectivity index (χ1) is 9.10. The summed E-state index contributed by atoms with van der Waals surface area (Å²) in [5.41, 5.74) is 0.967. The number of hydrogen-bond acceptors (Lipinski definition) is 3. The highest BCUT2D eigenvalue weighted by atomic mass is 79.9. The molecule has 1 N–H and O–H groups in total. The lowest BCUT2D eigenvalue weighted by Gasteiger charge is -2.27. The second kappa shape index (κ2) is 6.79. The van der Waals surface area contributed by atoms with Crippen molar-refractivity contribution >= 4 is 15.9 Å². The fraction of sp³-hybridized carbons (Fsp3) is 0.571. The number of aliphatic hydroxyl groups is 1. The SMILES string of the molecule is COC[C@@H](O)CN1CCC[C@H]1c1cc(F)cc(Br)c1. The molecule has 19 heavy (non-hydrogen) atoms. The summed E-state index contributed by atoms with van der Waals surface area (Å²) in [6.07, 6.45) is 1.57. The number of rotatable bonds is 5. The van der Waals surface area contributed by atoms with Crippen LogP contribution in [0.2, 0.25) is 0 Å². The first kappa shape index (κ1) is 14.9. The molecule has 1 aliphatic rings. The van der Waals surface area contributed by atoms with Gasteiger partial charge in [-0.2, -0.15) is 0 Å². The van der Waals surface area contributed by atoms with Gasteiger partial charge in [-0.25, -0.2) is 4.39 Å². The van der Waals surface area contributed by atoms with Crippen molar-refractivity contribution < 1.29 is 14.2 Å². The highest BCUT2D eigenvalue weighted by molar-refractivity contribution is 9.10. The summed E-state index contributed by atoms with van der Waals surface area (Å²) < 4.78 is 19.2. The Morgan fingerprint density at radius 2 is 2.32 bits per heavy atom. The van der Waals surface area contributed by atoms with E-state index >= 15 is 0 Å². The van der Waals surface area contributed by atoms with Crippen LogP contribution in [-0.4, -0.2) is 42.9 Å². The zero-order chi connectivity index (χ0) is 13.8. The highest BCUT2D eigenvalue weighted by Crippen LogP contribution is 2.33. The van der Waals surface area contributed by atoms with Gasteiger partial charge in [0.05, 0.1) is 12.7 Å². The maximum atomic E-state index is 13.5. The third-order valence-corrected chi connectivity index (χ3v) is 3.90. The van der Waals surface area contributed by atoms with Gasteiger partial charge in [-0.1, -0.05) is 15.9 Å². The first-order valence-electron chi connectivity index (χ1n) is 6.47. The summed E-state index contributed by atoms with van der Waals surface area (Å²) in [4.78, 5) is 2.20. The quantitative estimate of drug-likeness (QED) is 0.900. The van der Waals surface area contributed by atoms with Crippen LogP contribution in [0.3, 0.4) is 0 Å². The molecule has 0 spiro atoms. The van der Waals surface area contributed by atoms with Gasteiger partial charge in [0.1, 0.15) is 5.82 Å². The summed E-state index contributed by atoms with van der Waals surface area (Å²) in [7, 11) is 1.58. The average Bonchev–Trinajstić information content (AvgIpc) is 2.76. The minimum Gasteiger partial charge on any atom is -0.389 e. The van der Waals surface area contributed by atoms with Crippen molar-refractivity contribution in [1.29, 1.82) is 0 Å². The number of benzene rings is 1. The monoisotopic (exact) mass is 331 g/mol. The zero-order valence-electron chi connectivity index (χ0n) is 11.0. The van der Waals surface area contributed by atoms with Crippen molar-refractivity contribution in [3.05, 3.63) is 34.1 Å². The molecule has 1 aromatic carbocycles. The largest absolute Gasteiger partial charge is 0.389 e. The molecule has 1 saturated heterocycles. The number of β-amino-alcohol motifs (C(OH)–C–C–N with tert-alkyl or cyclic N) is 1. The maximum absolute atomic E-state index is 13.5. The van der Waals surface area contributed by atoms with E-state index in [1.165, 1.54) is 6.07 Å². The van der Waals surface area contributed by atoms with Crippen LogP contribution in [0.4, 0.5) is 4.39 Å². The molecule has 3 nitrogen and oxygen atoms in total. The van der Waals surface area contributed by atoms with Gasteiger partial charge in [0, 0.05) is 24.2 Å². The Morgan fingerprint density at radius 3 is 3.00 bits per heavy atom. The molecule has 0 aromatic heterocycles. The molecule has 0 unspecified atom stereocenters. The van der Waals surface area contributed by atoms with E-state index in [-0.39, 0.29) is 11.9 Å². The van der Waals surface area contributed by atoms with Crippen LogP contribution in [0, 0.1) is 5.82 Å². The van der Waals surface area contributed by atoms with E-state index in [0.29, 0.717) is 13.2 Å². The van der Waals surface area contributed by atoms with Crippen LogP contribution >= 0.6 is 15.9 Å². The minimum absolute atomic E-state index is 0.179. The van der Waals surface area contributed by atoms with Gasteiger partial charge in [-0.15, -0.1) is 0 Å². The molecule has 0 amide bonds. The van der Waals surface area contributed by atoms with E-state index in [0.717, 1.165) is 29.4 Å². The van der Waals surface area contributed by atoms with E-state index in [1.54, 1.807) is 13.2 Å². The molecular weight excluding hydrogens is 313 g/mol. The number of likely N-dealkylation sites (tertiary alicyclic amines) is 1. The lowest BCUT2D eigenvalue weighted by molar-refractivity contribution is 0.0346. The summed E-state index contributed by atoms with van der Waals surface area (Å²) in [6.45, 7) is 1.82. The molecular formula is C14H19BrFNO2. The molecule has 0 aliphatic carbocycles. The fourth-order valence-corrected chi connectivity index (χ4v) is 3.19. The van der Waals surface area contributed by atoms with E-state index in [2.05, 4.69) is 20.8 Å². The Balaban J connectivity index is 2.09. The lowest BCUT2D eigenvalue weighted by Crippen LogP contribution is -2.34. The molecule has 0 saturated carbocycles. The van der Waals surface area contributed by atoms with Crippen molar-refractivity contribution in [3.63, 3.8) is 0 Å². The number of ether oxygens (including phenoxy) is 1. The van der Waals surface area contributed by atoms with Crippen molar-refractivity contribution in [2.24, 2.45) is 0 Å². The summed E-state index contributed by atoms with van der Waals surface area (Å²) in [5, 5.41) is 9.83. The number of methoxy groups -OCH3 is 1. The van der Waals surface area contributed by atoms with Crippen molar-refractivity contribution in [2.45, 2.75) is 25.0 Å². The second-order valence-electron chi connectivity index (χ2n) is 4.96. The van der Waals surface area contributed by atoms with Crippen molar-refractivity contribution in [3.8, 4) is 0 Å². The summed E-state index contributed by atoms with van der Waals surface area (Å²) in [6, 6.07) is 5.17. The predicted octanol–water partition coefficient (Wildman–Crippen LogP) is 2.73. The summed E-state index contributed by atoms with van der Waals surface area (Å²) in [5.74, 6) is -0.228. The molecule has 2 atom stereocenters. The number of halogens is 2. The molecule has 1 heterocycles. The molecule has 1 aliphatic heterocycles. The van der Waals surface area contributed by atoms with Gasteiger partial charge < -0.3 is 9.84 Å². The van der Waals surface area contributed by atoms with Gasteiger partial charge in [0.2, 0.25) is 0 Å². The van der Waals surface area contributed by atoms with Crippen LogP contribution in [0.15, 0.2) is 22.7 Å². The van der Waals surface area contributed by atoms with Crippen molar-refractivity contribution in [2.75, 3.05) is 26.8 Å². The third kappa shape index (κ3) is 3.99. The number of hydrogen-bond donors (Lipinski definition) is 1. The first-order valence-corrected chi connectivity index (χ1v) is 7.26. The molecule has 0 radical (unpaired) electrons. The van der Waals surface area contributed by atoms with Crippen LogP contribution in [0.25, 0.3) is 0 Å². The molecule has 106 valence electrons. The standard InChI is InChI=1S/C14H19BrFNO2/c1-19-9-13(18)8-17-4-2-3-14(17)10-5-11(15)7-12(16)6-10/h5-7,13-14,18H,2-4,8-9H2,1H3/t13-,14-/m0/s1. The minimum atomic E-state index is -0.498. The Morgan fingerprint density at radius 1 is 1.53 bits per heavy atom. The van der Waals surface area contributed by atoms with E-state index in [9.17, 15) is 9.50 Å². The Bertz CT molecular complexity index is 410. The van der Waals surface area contributed by atoms with E-state index in [1.807, 2.05) is 6.07 Å². The Labute approximate surface area is 121 Å². The van der Waals surface area contributed by atoms with E-state index < -0.39 is 6.10 Å². The third-order valence-electron chi connectivity index (χ3n) is 3.44. The zero-order valence-corrected chi connectivity index (χ0v) is 12.6. The molecule has 0 bridgehead atoms. The van der Waals surface area contributed by atoms with Gasteiger partial charge in [0.15, 0.2) is 0 Å². The van der Waals surface area contributed by atoms with E-state index in [4.69, 9.17) is 4.74 Å². The normalized spacial score (nSPS) is 21.8. The van der Waals surface area contributed by atoms with Crippen LogP contribution in [0.5, 0.6) is 0 Å². The average molecular weight is 332 g/mol. The number of aliphatic hydroxyl groups excluding tert-OH is 1. The fourth-order valence-electron chi connectivity index (χ4n) is 2.71. The van der Waals surface area contributed by atoms with Crippen LogP contribution in [0.1, 0.15) is 24.4 Å². The van der Waals surface area contributed by atoms with Gasteiger partial charge in [-0.3, -0.25) is 4.90 Å². The Kier molecular flexibility index (Phi) is 5.33. The van der Waals surface area contributed by atoms with Crippen LogP contribution < -0.4 is 0 Å². The molecule has 1 fully saturated rings. The smallest absolute Gasteiger partial charge is 0.124 e. The van der Waals surface area contributed by atoms with Gasteiger partial charge in [0.25, 0.3) is 0 Å². The lowest BCUT2D eigenvalue weighted by atomic mass is 10.0. The summed E-state index contributed by atoms with van der Waals surface area (Å²) >= 11 is 3.33.